The van der Waals surface area contributed by atoms with Gasteiger partial charge in [-0.25, -0.2) is 0 Å². The molecule has 0 saturated carbocycles. The van der Waals surface area contributed by atoms with Gasteiger partial charge in [-0.3, -0.25) is 19.8 Å². The molecule has 164 valence electrons. The van der Waals surface area contributed by atoms with Crippen molar-refractivity contribution >= 4 is 36.1 Å². The number of aliphatic hydroxyl groups excluding tert-OH is 1. The van der Waals surface area contributed by atoms with Crippen LogP contribution in [-0.2, 0) is 14.4 Å². The Labute approximate surface area is 176 Å². The predicted octanol–water partition coefficient (Wildman–Crippen LogP) is -0.751. The minimum atomic E-state index is -1.06. The number of hydrogen-bond acceptors (Lipinski definition) is 5. The summed E-state index contributed by atoms with van der Waals surface area (Å²) < 4.78 is 0. The third-order valence-electron chi connectivity index (χ3n) is 6.00. The third-order valence-corrected chi connectivity index (χ3v) is 6.00. The first-order valence-corrected chi connectivity index (χ1v) is 9.98. The van der Waals surface area contributed by atoms with Crippen molar-refractivity contribution in [2.24, 2.45) is 5.73 Å². The van der Waals surface area contributed by atoms with Crippen LogP contribution in [0.3, 0.4) is 0 Å². The quantitative estimate of drug-likeness (QED) is 0.293. The van der Waals surface area contributed by atoms with Crippen molar-refractivity contribution in [2.45, 2.75) is 82.3 Å². The summed E-state index contributed by atoms with van der Waals surface area (Å²) in [6.45, 7) is 1.85. The van der Waals surface area contributed by atoms with Gasteiger partial charge in [-0.2, -0.15) is 0 Å². The molecule has 3 heterocycles. The van der Waals surface area contributed by atoms with Crippen LogP contribution in [0.15, 0.2) is 0 Å². The summed E-state index contributed by atoms with van der Waals surface area (Å²) in [6.07, 6.45) is 3.75. The predicted molar refractivity (Wildman–Crippen MR) is 108 cm³/mol. The zero-order valence-electron chi connectivity index (χ0n) is 16.6. The number of nitrogens with zero attached hydrogens (tertiary/aromatic N) is 2. The number of carbonyl (C=O) groups is 3. The van der Waals surface area contributed by atoms with Crippen molar-refractivity contribution in [3.8, 4) is 0 Å². The lowest BCUT2D eigenvalue weighted by Crippen LogP contribution is -2.61. The van der Waals surface area contributed by atoms with Gasteiger partial charge in [0, 0.05) is 19.5 Å². The number of nitrogens with one attached hydrogen (secondary N) is 3. The van der Waals surface area contributed by atoms with Crippen LogP contribution in [-0.4, -0.2) is 75.5 Å². The van der Waals surface area contributed by atoms with Crippen molar-refractivity contribution in [3.63, 3.8) is 0 Å². The van der Waals surface area contributed by atoms with Gasteiger partial charge in [-0.05, 0) is 44.9 Å². The summed E-state index contributed by atoms with van der Waals surface area (Å²) in [7, 11) is 0. The Hall–Kier alpha value is -2.07. The normalized spacial score (nSPS) is 31.9. The SMILES string of the molecule is CC(=O)N[C@H]1CCC[C@H]2CC[C@@H](C(=O)N[C@H]3CCCN(C(=N)N)C3O)N2C1=O.Cl. The highest BCUT2D eigenvalue weighted by molar-refractivity contribution is 5.93. The first-order chi connectivity index (χ1) is 13.3. The van der Waals surface area contributed by atoms with E-state index in [1.165, 1.54) is 11.8 Å². The molecule has 5 atom stereocenters. The standard InChI is InChI=1S/C18H30N6O4.ClH/c1-10(25)21-13-5-2-4-11-7-8-14(24(11)17(13)28)15(26)22-12-6-3-9-23(16(12)27)18(19)20;/h11-14,16,27H,2-9H2,1H3,(H3,19,20)(H,21,25)(H,22,26);1H/t11-,12-,13-,14-,16?;/m0./s1. The molecule has 3 amide bonds. The summed E-state index contributed by atoms with van der Waals surface area (Å²) >= 11 is 0. The van der Waals surface area contributed by atoms with E-state index in [2.05, 4.69) is 10.6 Å². The van der Waals surface area contributed by atoms with Gasteiger partial charge < -0.3 is 31.3 Å². The van der Waals surface area contributed by atoms with E-state index in [9.17, 15) is 19.5 Å². The van der Waals surface area contributed by atoms with E-state index < -0.39 is 24.4 Å². The smallest absolute Gasteiger partial charge is 0.246 e. The van der Waals surface area contributed by atoms with Crippen molar-refractivity contribution < 1.29 is 19.5 Å². The lowest BCUT2D eigenvalue weighted by Gasteiger charge is -2.39. The molecule has 0 radical (unpaired) electrons. The maximum atomic E-state index is 13.0. The molecule has 0 spiro atoms. The Morgan fingerprint density at radius 2 is 1.86 bits per heavy atom. The van der Waals surface area contributed by atoms with Crippen LogP contribution in [0.1, 0.15) is 51.9 Å². The molecule has 0 aliphatic carbocycles. The molecule has 0 aromatic rings. The zero-order valence-corrected chi connectivity index (χ0v) is 17.4. The Balaban J connectivity index is 0.00000300. The van der Waals surface area contributed by atoms with Crippen LogP contribution < -0.4 is 16.4 Å². The second-order valence-corrected chi connectivity index (χ2v) is 7.93. The second-order valence-electron chi connectivity index (χ2n) is 7.93. The summed E-state index contributed by atoms with van der Waals surface area (Å²) in [5, 5.41) is 23.5. The first-order valence-electron chi connectivity index (χ1n) is 9.98. The molecule has 10 nitrogen and oxygen atoms in total. The molecular weight excluding hydrogens is 400 g/mol. The van der Waals surface area contributed by atoms with Crippen LogP contribution in [0.4, 0.5) is 0 Å². The zero-order chi connectivity index (χ0) is 20.4. The summed E-state index contributed by atoms with van der Waals surface area (Å²) in [6, 6.07) is -1.74. The topological polar surface area (TPSA) is 152 Å². The van der Waals surface area contributed by atoms with E-state index >= 15 is 0 Å². The average Bonchev–Trinajstić information content (AvgIpc) is 2.99. The number of aliphatic hydroxyl groups is 1. The van der Waals surface area contributed by atoms with Gasteiger partial charge in [0.1, 0.15) is 18.3 Å². The van der Waals surface area contributed by atoms with Crippen molar-refractivity contribution in [2.75, 3.05) is 6.54 Å². The third kappa shape index (κ3) is 4.92. The first kappa shape index (κ1) is 23.2. The fourth-order valence-electron chi connectivity index (χ4n) is 4.67. The number of guanidine groups is 1. The van der Waals surface area contributed by atoms with Crippen LogP contribution in [0.2, 0.25) is 0 Å². The summed E-state index contributed by atoms with van der Waals surface area (Å²) in [5.41, 5.74) is 5.50. The van der Waals surface area contributed by atoms with Crippen LogP contribution in [0, 0.1) is 5.41 Å². The number of likely N-dealkylation sites (tertiary alicyclic amines) is 1. The number of amides is 3. The highest BCUT2D eigenvalue weighted by atomic mass is 35.5. The van der Waals surface area contributed by atoms with Crippen LogP contribution >= 0.6 is 12.4 Å². The lowest BCUT2D eigenvalue weighted by molar-refractivity contribution is -0.143. The molecule has 1 unspecified atom stereocenters. The van der Waals surface area contributed by atoms with E-state index in [4.69, 9.17) is 11.1 Å². The van der Waals surface area contributed by atoms with Gasteiger partial charge in [-0.1, -0.05) is 0 Å². The Morgan fingerprint density at radius 1 is 1.14 bits per heavy atom. The average molecular weight is 431 g/mol. The summed E-state index contributed by atoms with van der Waals surface area (Å²) in [5.74, 6) is -0.987. The molecule has 3 saturated heterocycles. The fraction of sp³-hybridized carbons (Fsp3) is 0.778. The molecule has 0 aromatic carbocycles. The molecule has 3 aliphatic rings. The van der Waals surface area contributed by atoms with Gasteiger partial charge in [0.05, 0.1) is 6.04 Å². The van der Waals surface area contributed by atoms with Gasteiger partial charge in [0.2, 0.25) is 17.7 Å². The molecule has 11 heteroatoms. The number of hydrogen-bond donors (Lipinski definition) is 5. The number of nitrogens with two attached hydrogens (primary N) is 1. The van der Waals surface area contributed by atoms with E-state index in [1.54, 1.807) is 4.90 Å². The minimum absolute atomic E-state index is 0. The Kier molecular flexibility index (Phi) is 7.70. The van der Waals surface area contributed by atoms with Gasteiger partial charge in [0.25, 0.3) is 0 Å². The van der Waals surface area contributed by atoms with Gasteiger partial charge in [-0.15, -0.1) is 12.4 Å². The van der Waals surface area contributed by atoms with E-state index in [0.717, 1.165) is 19.3 Å². The molecule has 29 heavy (non-hydrogen) atoms. The molecule has 0 aromatic heterocycles. The minimum Gasteiger partial charge on any atom is -0.371 e. The molecule has 3 fully saturated rings. The number of carbonyl (C=O) groups excluding carboxylic acids is 3. The molecule has 0 bridgehead atoms. The van der Waals surface area contributed by atoms with E-state index in [1.807, 2.05) is 0 Å². The van der Waals surface area contributed by atoms with E-state index in [0.29, 0.717) is 32.2 Å². The molecule has 3 rings (SSSR count). The van der Waals surface area contributed by atoms with Crippen LogP contribution in [0.5, 0.6) is 0 Å². The molecular formula is C18H31ClN6O4. The number of piperidine rings is 1. The second kappa shape index (κ2) is 9.62. The Morgan fingerprint density at radius 3 is 2.52 bits per heavy atom. The van der Waals surface area contributed by atoms with Gasteiger partial charge in [0.15, 0.2) is 5.96 Å². The number of rotatable bonds is 3. The van der Waals surface area contributed by atoms with Crippen LogP contribution in [0.25, 0.3) is 0 Å². The summed E-state index contributed by atoms with van der Waals surface area (Å²) in [4.78, 5) is 40.4. The lowest BCUT2D eigenvalue weighted by atomic mass is 10.0. The highest BCUT2D eigenvalue weighted by Gasteiger charge is 2.45. The largest absolute Gasteiger partial charge is 0.371 e. The number of fused-ring (bicyclic) bond motifs is 1. The maximum absolute atomic E-state index is 13.0. The maximum Gasteiger partial charge on any atom is 0.246 e. The number of halogens is 1. The van der Waals surface area contributed by atoms with Gasteiger partial charge >= 0.3 is 0 Å². The van der Waals surface area contributed by atoms with Crippen molar-refractivity contribution in [1.29, 1.82) is 5.41 Å². The van der Waals surface area contributed by atoms with Crippen molar-refractivity contribution in [1.82, 2.24) is 20.4 Å². The molecule has 3 aliphatic heterocycles. The van der Waals surface area contributed by atoms with E-state index in [-0.39, 0.29) is 42.1 Å². The Bertz CT molecular complexity index is 662. The van der Waals surface area contributed by atoms with Crippen molar-refractivity contribution in [3.05, 3.63) is 0 Å². The highest BCUT2D eigenvalue weighted by Crippen LogP contribution is 2.32. The fourth-order valence-corrected chi connectivity index (χ4v) is 4.67. The monoisotopic (exact) mass is 430 g/mol. The molecule has 6 N–H and O–H groups in total.